The molecular weight excluding hydrogens is 380 g/mol. The van der Waals surface area contributed by atoms with Gasteiger partial charge in [-0.2, -0.15) is 13.2 Å². The van der Waals surface area contributed by atoms with Crippen LogP contribution in [0.3, 0.4) is 0 Å². The fourth-order valence-corrected chi connectivity index (χ4v) is 3.75. The number of amidine groups is 1. The van der Waals surface area contributed by atoms with Crippen LogP contribution < -0.4 is 5.73 Å². The quantitative estimate of drug-likeness (QED) is 0.275. The molecule has 0 aliphatic heterocycles. The molecule has 0 heterocycles. The molecular formula is C23H18F4N2. The third-order valence-corrected chi connectivity index (χ3v) is 5.16. The molecule has 3 aromatic rings. The Bertz CT molecular complexity index is 1100. The van der Waals surface area contributed by atoms with E-state index in [-0.39, 0.29) is 17.9 Å². The minimum atomic E-state index is -4.74. The van der Waals surface area contributed by atoms with E-state index in [1.54, 1.807) is 0 Å². The van der Waals surface area contributed by atoms with E-state index in [2.05, 4.69) is 23.2 Å². The van der Waals surface area contributed by atoms with Gasteiger partial charge < -0.3 is 5.73 Å². The van der Waals surface area contributed by atoms with Crippen molar-refractivity contribution in [2.24, 2.45) is 10.7 Å². The number of alkyl halides is 3. The summed E-state index contributed by atoms with van der Waals surface area (Å²) in [5, 5.41) is 0. The summed E-state index contributed by atoms with van der Waals surface area (Å²) in [7, 11) is 0. The number of nitrogens with zero attached hydrogens (tertiary/aromatic N) is 1. The SMILES string of the molecule is NC(Cc1cccc2c1Cc1ccccc1-2)=NCc1cccc(C(F)(F)F)c1F. The van der Waals surface area contributed by atoms with Gasteiger partial charge in [0.15, 0.2) is 0 Å². The van der Waals surface area contributed by atoms with Gasteiger partial charge in [0.25, 0.3) is 0 Å². The van der Waals surface area contributed by atoms with Crippen molar-refractivity contribution < 1.29 is 17.6 Å². The Morgan fingerprint density at radius 3 is 2.38 bits per heavy atom. The second-order valence-corrected chi connectivity index (χ2v) is 7.04. The number of hydrogen-bond donors (Lipinski definition) is 1. The van der Waals surface area contributed by atoms with Gasteiger partial charge in [-0.05, 0) is 40.3 Å². The molecule has 3 aromatic carbocycles. The first-order valence-electron chi connectivity index (χ1n) is 9.17. The molecule has 0 atom stereocenters. The summed E-state index contributed by atoms with van der Waals surface area (Å²) in [6.45, 7) is -0.239. The lowest BCUT2D eigenvalue weighted by molar-refractivity contribution is -0.140. The zero-order valence-electron chi connectivity index (χ0n) is 15.4. The summed E-state index contributed by atoms with van der Waals surface area (Å²) in [6, 6.07) is 17.4. The average Bonchev–Trinajstić information content (AvgIpc) is 3.06. The summed E-state index contributed by atoms with van der Waals surface area (Å²) >= 11 is 0. The molecule has 0 radical (unpaired) electrons. The molecule has 29 heavy (non-hydrogen) atoms. The van der Waals surface area contributed by atoms with E-state index in [9.17, 15) is 17.6 Å². The molecule has 0 saturated carbocycles. The maximum Gasteiger partial charge on any atom is 0.419 e. The second-order valence-electron chi connectivity index (χ2n) is 7.04. The van der Waals surface area contributed by atoms with Crippen LogP contribution in [0.1, 0.15) is 27.8 Å². The maximum atomic E-state index is 14.1. The molecule has 0 aromatic heterocycles. The maximum absolute atomic E-state index is 14.1. The topological polar surface area (TPSA) is 38.4 Å². The lowest BCUT2D eigenvalue weighted by Crippen LogP contribution is -2.17. The molecule has 6 heteroatoms. The number of fused-ring (bicyclic) bond motifs is 3. The predicted octanol–water partition coefficient (Wildman–Crippen LogP) is 5.52. The molecule has 4 rings (SSSR count). The Balaban J connectivity index is 1.55. The Morgan fingerprint density at radius 1 is 0.897 bits per heavy atom. The summed E-state index contributed by atoms with van der Waals surface area (Å²) < 4.78 is 52.7. The smallest absolute Gasteiger partial charge is 0.387 e. The van der Waals surface area contributed by atoms with Gasteiger partial charge in [-0.25, -0.2) is 4.39 Å². The van der Waals surface area contributed by atoms with E-state index in [1.165, 1.54) is 28.8 Å². The van der Waals surface area contributed by atoms with E-state index in [0.29, 0.717) is 6.42 Å². The van der Waals surface area contributed by atoms with Crippen LogP contribution in [0.5, 0.6) is 0 Å². The van der Waals surface area contributed by atoms with Crippen LogP contribution >= 0.6 is 0 Å². The standard InChI is InChI=1S/C23H18F4N2/c24-22-16(7-4-10-20(22)23(25,26)27)13-29-21(28)12-15-6-3-9-18-17-8-2-1-5-14(17)11-19(15)18/h1-10H,11-13H2,(H2,28,29). The van der Waals surface area contributed by atoms with Crippen molar-refractivity contribution in [2.45, 2.75) is 25.6 Å². The fourth-order valence-electron chi connectivity index (χ4n) is 3.75. The summed E-state index contributed by atoms with van der Waals surface area (Å²) in [4.78, 5) is 4.14. The molecule has 0 amide bonds. The van der Waals surface area contributed by atoms with Crippen LogP contribution in [-0.2, 0) is 25.6 Å². The van der Waals surface area contributed by atoms with Crippen LogP contribution in [0.15, 0.2) is 65.7 Å². The van der Waals surface area contributed by atoms with Crippen molar-refractivity contribution in [3.63, 3.8) is 0 Å². The van der Waals surface area contributed by atoms with Crippen molar-refractivity contribution in [3.8, 4) is 11.1 Å². The minimum absolute atomic E-state index is 0.131. The van der Waals surface area contributed by atoms with Crippen LogP contribution in [0.2, 0.25) is 0 Å². The number of nitrogens with two attached hydrogens (primary N) is 1. The Labute approximate surface area is 165 Å². The monoisotopic (exact) mass is 398 g/mol. The zero-order valence-corrected chi connectivity index (χ0v) is 15.4. The normalized spacial score (nSPS) is 13.3. The number of aliphatic imine (C=N–C) groups is 1. The largest absolute Gasteiger partial charge is 0.419 e. The van der Waals surface area contributed by atoms with Crippen LogP contribution in [-0.4, -0.2) is 5.84 Å². The lowest BCUT2D eigenvalue weighted by Gasteiger charge is -2.11. The minimum Gasteiger partial charge on any atom is -0.387 e. The molecule has 1 aliphatic carbocycles. The van der Waals surface area contributed by atoms with Gasteiger partial charge in [-0.1, -0.05) is 54.6 Å². The first-order chi connectivity index (χ1) is 13.8. The summed E-state index contributed by atoms with van der Waals surface area (Å²) in [6.07, 6.45) is -3.58. The third-order valence-electron chi connectivity index (χ3n) is 5.16. The Morgan fingerprint density at radius 2 is 1.59 bits per heavy atom. The van der Waals surface area contributed by atoms with Crippen LogP contribution in [0.4, 0.5) is 17.6 Å². The van der Waals surface area contributed by atoms with Crippen molar-refractivity contribution in [1.29, 1.82) is 0 Å². The molecule has 0 fully saturated rings. The molecule has 1 aliphatic rings. The number of hydrogen-bond acceptors (Lipinski definition) is 1. The van der Waals surface area contributed by atoms with Gasteiger partial charge in [-0.3, -0.25) is 4.99 Å². The van der Waals surface area contributed by atoms with Gasteiger partial charge in [0.1, 0.15) is 5.82 Å². The van der Waals surface area contributed by atoms with Crippen LogP contribution in [0.25, 0.3) is 11.1 Å². The highest BCUT2D eigenvalue weighted by Gasteiger charge is 2.34. The Hall–Kier alpha value is -3.15. The van der Waals surface area contributed by atoms with Gasteiger partial charge in [-0.15, -0.1) is 0 Å². The van der Waals surface area contributed by atoms with E-state index in [0.717, 1.165) is 23.6 Å². The third kappa shape index (κ3) is 3.75. The van der Waals surface area contributed by atoms with E-state index in [4.69, 9.17) is 5.73 Å². The zero-order chi connectivity index (χ0) is 20.6. The molecule has 0 unspecified atom stereocenters. The molecule has 0 bridgehead atoms. The summed E-state index contributed by atoms with van der Waals surface area (Å²) in [5.41, 5.74) is 10.4. The first kappa shape index (κ1) is 19.2. The second kappa shape index (κ2) is 7.35. The molecule has 2 nitrogen and oxygen atoms in total. The predicted molar refractivity (Wildman–Crippen MR) is 105 cm³/mol. The lowest BCUT2D eigenvalue weighted by atomic mass is 9.99. The Kier molecular flexibility index (Phi) is 4.86. The van der Waals surface area contributed by atoms with Gasteiger partial charge in [0.05, 0.1) is 17.9 Å². The van der Waals surface area contributed by atoms with E-state index < -0.39 is 17.6 Å². The highest BCUT2D eigenvalue weighted by molar-refractivity contribution is 5.85. The number of benzene rings is 3. The van der Waals surface area contributed by atoms with E-state index in [1.807, 2.05) is 24.3 Å². The van der Waals surface area contributed by atoms with Gasteiger partial charge in [0.2, 0.25) is 0 Å². The number of halogens is 4. The average molecular weight is 398 g/mol. The van der Waals surface area contributed by atoms with Gasteiger partial charge >= 0.3 is 6.18 Å². The fraction of sp³-hybridized carbons (Fsp3) is 0.174. The van der Waals surface area contributed by atoms with E-state index >= 15 is 0 Å². The van der Waals surface area contributed by atoms with Crippen molar-refractivity contribution in [2.75, 3.05) is 0 Å². The van der Waals surface area contributed by atoms with Gasteiger partial charge in [0, 0.05) is 12.0 Å². The summed E-state index contributed by atoms with van der Waals surface area (Å²) in [5.74, 6) is -1.04. The van der Waals surface area contributed by atoms with Crippen molar-refractivity contribution >= 4 is 5.84 Å². The highest BCUT2D eigenvalue weighted by Crippen LogP contribution is 2.38. The molecule has 148 valence electrons. The molecule has 2 N–H and O–H groups in total. The molecule has 0 saturated heterocycles. The number of rotatable bonds is 4. The first-order valence-corrected chi connectivity index (χ1v) is 9.17. The highest BCUT2D eigenvalue weighted by atomic mass is 19.4. The molecule has 0 spiro atoms. The van der Waals surface area contributed by atoms with Crippen molar-refractivity contribution in [3.05, 3.63) is 94.3 Å². The van der Waals surface area contributed by atoms with Crippen LogP contribution in [0, 0.1) is 5.82 Å². The van der Waals surface area contributed by atoms with Crippen molar-refractivity contribution in [1.82, 2.24) is 0 Å².